The number of ketones is 1. The summed E-state index contributed by atoms with van der Waals surface area (Å²) in [7, 11) is -1.01. The van der Waals surface area contributed by atoms with E-state index < -0.39 is 58.2 Å². The fourth-order valence-electron chi connectivity index (χ4n) is 4.01. The van der Waals surface area contributed by atoms with E-state index in [-0.39, 0.29) is 39.1 Å². The van der Waals surface area contributed by atoms with E-state index in [2.05, 4.69) is 5.32 Å². The average Bonchev–Trinajstić information content (AvgIpc) is 3.27. The maximum absolute atomic E-state index is 13.4. The first kappa shape index (κ1) is 30.5. The molecule has 1 aromatic rings. The topological polar surface area (TPSA) is 152 Å². The molecule has 2 saturated heterocycles. The summed E-state index contributed by atoms with van der Waals surface area (Å²) in [6.45, 7) is 5.28. The monoisotopic (exact) mass is 568 g/mol. The van der Waals surface area contributed by atoms with Crippen molar-refractivity contribution < 1.29 is 41.8 Å². The molecule has 2 aliphatic heterocycles. The molecule has 2 atom stereocenters. The fourth-order valence-corrected chi connectivity index (χ4v) is 5.72. The number of hydrogen-bond donors (Lipinski definition) is 1. The van der Waals surface area contributed by atoms with Crippen LogP contribution in [0.2, 0.25) is 0 Å². The molecule has 14 heteroatoms. The number of carbonyl (C=O) groups is 4. The van der Waals surface area contributed by atoms with E-state index in [1.807, 2.05) is 0 Å². The van der Waals surface area contributed by atoms with Crippen molar-refractivity contribution in [2.24, 2.45) is 0 Å². The number of ether oxygens (including phenoxy) is 3. The summed E-state index contributed by atoms with van der Waals surface area (Å²) in [6, 6.07) is 3.90. The van der Waals surface area contributed by atoms with Crippen molar-refractivity contribution in [1.82, 2.24) is 18.8 Å². The van der Waals surface area contributed by atoms with Gasteiger partial charge in [0, 0.05) is 40.0 Å². The largest absolute Gasteiger partial charge is 0.458 e. The minimum atomic E-state index is -4.11. The first-order valence-corrected chi connectivity index (χ1v) is 13.9. The van der Waals surface area contributed by atoms with Gasteiger partial charge in [0.1, 0.15) is 29.2 Å². The molecule has 0 aromatic heterocycles. The standard InChI is InChI=1S/C25H36N4O9S/c1-25(2,3)38-23(32)20(14-17-6-8-19(9-7-17)37-24(33)27(4)5)26-22(31)21-15-18(30)16-29(21)39(34,35)28-10-12-36-13-11-28/h6-9,20-21H,10-16H2,1-5H3,(H,26,31)/t20-,21-/m0/s1. The van der Waals surface area contributed by atoms with Crippen LogP contribution in [0.5, 0.6) is 5.75 Å². The van der Waals surface area contributed by atoms with Gasteiger partial charge in [0.15, 0.2) is 0 Å². The van der Waals surface area contributed by atoms with Crippen LogP contribution >= 0.6 is 0 Å². The molecule has 0 spiro atoms. The van der Waals surface area contributed by atoms with Gasteiger partial charge in [0.25, 0.3) is 10.2 Å². The summed E-state index contributed by atoms with van der Waals surface area (Å²) in [4.78, 5) is 51.8. The number of nitrogens with one attached hydrogen (secondary N) is 1. The number of Topliss-reactive ketones (excluding diaryl/α,β-unsaturated/α-hetero) is 1. The third kappa shape index (κ3) is 8.21. The first-order valence-electron chi connectivity index (χ1n) is 12.5. The molecule has 1 N–H and O–H groups in total. The van der Waals surface area contributed by atoms with E-state index >= 15 is 0 Å². The molecule has 1 aromatic carbocycles. The van der Waals surface area contributed by atoms with Crippen LogP contribution in [0.4, 0.5) is 4.79 Å². The number of nitrogens with zero attached hydrogens (tertiary/aromatic N) is 3. The lowest BCUT2D eigenvalue weighted by Gasteiger charge is -2.32. The number of amides is 2. The molecular formula is C25H36N4O9S. The molecule has 2 heterocycles. The molecule has 2 amide bonds. The molecule has 3 rings (SSSR count). The minimum absolute atomic E-state index is 0.0133. The van der Waals surface area contributed by atoms with Crippen LogP contribution in [0.1, 0.15) is 32.8 Å². The van der Waals surface area contributed by atoms with Gasteiger partial charge in [-0.15, -0.1) is 0 Å². The van der Waals surface area contributed by atoms with E-state index in [4.69, 9.17) is 14.2 Å². The number of esters is 1. The molecule has 2 aliphatic rings. The van der Waals surface area contributed by atoms with Crippen LogP contribution in [-0.2, 0) is 40.5 Å². The van der Waals surface area contributed by atoms with Gasteiger partial charge in [0.05, 0.1) is 19.8 Å². The highest BCUT2D eigenvalue weighted by molar-refractivity contribution is 7.86. The van der Waals surface area contributed by atoms with Crippen LogP contribution in [0, 0.1) is 0 Å². The number of hydrogen-bond acceptors (Lipinski definition) is 9. The summed E-state index contributed by atoms with van der Waals surface area (Å²) in [6.07, 6.45) is -0.841. The van der Waals surface area contributed by atoms with Crippen LogP contribution in [0.15, 0.2) is 24.3 Å². The summed E-state index contributed by atoms with van der Waals surface area (Å²) in [5, 5.41) is 2.61. The molecule has 0 aliphatic carbocycles. The van der Waals surface area contributed by atoms with Gasteiger partial charge < -0.3 is 24.4 Å². The predicted molar refractivity (Wildman–Crippen MR) is 139 cm³/mol. The lowest BCUT2D eigenvalue weighted by molar-refractivity contribution is -0.158. The summed E-state index contributed by atoms with van der Waals surface area (Å²) >= 11 is 0. The smallest absolute Gasteiger partial charge is 0.414 e. The third-order valence-corrected chi connectivity index (χ3v) is 7.93. The normalized spacial score (nSPS) is 19.8. The summed E-state index contributed by atoms with van der Waals surface area (Å²) < 4.78 is 44.5. The van der Waals surface area contributed by atoms with Crippen LogP contribution in [-0.4, -0.2) is 110 Å². The zero-order chi connectivity index (χ0) is 29.0. The molecule has 13 nitrogen and oxygen atoms in total. The van der Waals surface area contributed by atoms with Gasteiger partial charge >= 0.3 is 12.1 Å². The molecule has 0 unspecified atom stereocenters. The van der Waals surface area contributed by atoms with Crippen molar-refractivity contribution in [2.75, 3.05) is 46.9 Å². The van der Waals surface area contributed by atoms with E-state index in [1.54, 1.807) is 59.1 Å². The maximum atomic E-state index is 13.4. The average molecular weight is 569 g/mol. The van der Waals surface area contributed by atoms with Gasteiger partial charge in [-0.1, -0.05) is 12.1 Å². The van der Waals surface area contributed by atoms with Gasteiger partial charge in [0.2, 0.25) is 5.91 Å². The third-order valence-electron chi connectivity index (χ3n) is 5.94. The Hall–Kier alpha value is -3.07. The Morgan fingerprint density at radius 1 is 1.13 bits per heavy atom. The van der Waals surface area contributed by atoms with E-state index in [0.29, 0.717) is 11.3 Å². The Kier molecular flexibility index (Phi) is 9.69. The van der Waals surface area contributed by atoms with E-state index in [9.17, 15) is 27.6 Å². The molecule has 0 bridgehead atoms. The second kappa shape index (κ2) is 12.4. The van der Waals surface area contributed by atoms with Gasteiger partial charge in [-0.05, 0) is 38.5 Å². The SMILES string of the molecule is CN(C)C(=O)Oc1ccc(C[C@H](NC(=O)[C@@H]2CC(=O)CN2S(=O)(=O)N2CCOCC2)C(=O)OC(C)(C)C)cc1. The van der Waals surface area contributed by atoms with Crippen molar-refractivity contribution in [2.45, 2.75) is 51.3 Å². The summed E-state index contributed by atoms with van der Waals surface area (Å²) in [5.74, 6) is -1.59. The van der Waals surface area contributed by atoms with Crippen molar-refractivity contribution in [3.63, 3.8) is 0 Å². The Bertz CT molecular complexity index is 1170. The number of morpholine rings is 1. The zero-order valence-electron chi connectivity index (χ0n) is 22.8. The molecular weight excluding hydrogens is 532 g/mol. The van der Waals surface area contributed by atoms with Crippen molar-refractivity contribution >= 4 is 34.0 Å². The zero-order valence-corrected chi connectivity index (χ0v) is 23.7. The molecule has 216 valence electrons. The number of carbonyl (C=O) groups excluding carboxylic acids is 4. The Balaban J connectivity index is 1.79. The minimum Gasteiger partial charge on any atom is -0.458 e. The lowest BCUT2D eigenvalue weighted by atomic mass is 10.0. The van der Waals surface area contributed by atoms with Crippen LogP contribution in [0.3, 0.4) is 0 Å². The van der Waals surface area contributed by atoms with E-state index in [0.717, 1.165) is 4.31 Å². The number of benzene rings is 1. The number of rotatable bonds is 8. The Morgan fingerprint density at radius 2 is 1.74 bits per heavy atom. The Labute approximate surface area is 228 Å². The predicted octanol–water partition coefficient (Wildman–Crippen LogP) is 0.336. The van der Waals surface area contributed by atoms with Crippen molar-refractivity contribution in [3.05, 3.63) is 29.8 Å². The second-order valence-electron chi connectivity index (χ2n) is 10.5. The molecule has 39 heavy (non-hydrogen) atoms. The van der Waals surface area contributed by atoms with Crippen LogP contribution in [0.25, 0.3) is 0 Å². The molecule has 0 saturated carbocycles. The molecule has 0 radical (unpaired) electrons. The van der Waals surface area contributed by atoms with Gasteiger partial charge in [-0.2, -0.15) is 17.0 Å². The quantitative estimate of drug-likeness (QED) is 0.438. The fraction of sp³-hybridized carbons (Fsp3) is 0.600. The highest BCUT2D eigenvalue weighted by atomic mass is 32.2. The maximum Gasteiger partial charge on any atom is 0.414 e. The Morgan fingerprint density at radius 3 is 2.31 bits per heavy atom. The van der Waals surface area contributed by atoms with Crippen LogP contribution < -0.4 is 10.1 Å². The lowest BCUT2D eigenvalue weighted by Crippen LogP contribution is -2.56. The summed E-state index contributed by atoms with van der Waals surface area (Å²) in [5.41, 5.74) is -0.226. The van der Waals surface area contributed by atoms with Crippen molar-refractivity contribution in [3.8, 4) is 5.75 Å². The second-order valence-corrected chi connectivity index (χ2v) is 12.4. The highest BCUT2D eigenvalue weighted by Gasteiger charge is 2.46. The van der Waals surface area contributed by atoms with E-state index in [1.165, 1.54) is 9.21 Å². The van der Waals surface area contributed by atoms with Gasteiger partial charge in [-0.25, -0.2) is 9.59 Å². The highest BCUT2D eigenvalue weighted by Crippen LogP contribution is 2.23. The van der Waals surface area contributed by atoms with Gasteiger partial charge in [-0.3, -0.25) is 9.59 Å². The van der Waals surface area contributed by atoms with Crippen molar-refractivity contribution in [1.29, 1.82) is 0 Å². The molecule has 2 fully saturated rings. The first-order chi connectivity index (χ1) is 18.2.